The highest BCUT2D eigenvalue weighted by Gasteiger charge is 1.82. The number of hydrogen-bond donors (Lipinski definition) is 1. The van der Waals surface area contributed by atoms with E-state index >= 15 is 0 Å². The van der Waals surface area contributed by atoms with E-state index in [0.29, 0.717) is 5.82 Å². The fourth-order valence-corrected chi connectivity index (χ4v) is 0.433. The zero-order valence-electron chi connectivity index (χ0n) is 6.83. The smallest absolute Gasteiger partial charge is 0.145 e. The van der Waals surface area contributed by atoms with Crippen molar-refractivity contribution in [3.05, 3.63) is 12.3 Å². The summed E-state index contributed by atoms with van der Waals surface area (Å²) in [7, 11) is 1.83. The minimum Gasteiger partial charge on any atom is -0.382 e. The molecule has 1 aromatic rings. The van der Waals surface area contributed by atoms with Gasteiger partial charge in [-0.25, -0.2) is 0 Å². The van der Waals surface area contributed by atoms with Gasteiger partial charge < -0.3 is 5.73 Å². The second-order valence-corrected chi connectivity index (χ2v) is 2.12. The van der Waals surface area contributed by atoms with Crippen LogP contribution in [0.5, 0.6) is 0 Å². The van der Waals surface area contributed by atoms with Crippen LogP contribution in [0.4, 0.5) is 5.82 Å². The Morgan fingerprint density at radius 1 is 1.60 bits per heavy atom. The van der Waals surface area contributed by atoms with Crippen LogP contribution in [0.3, 0.4) is 0 Å². The lowest BCUT2D eigenvalue weighted by Gasteiger charge is -1.79. The molecule has 0 bridgehead atoms. The quantitative estimate of drug-likeness (QED) is 0.593. The zero-order valence-corrected chi connectivity index (χ0v) is 6.83. The topological polar surface area (TPSA) is 43.8 Å². The molecule has 3 nitrogen and oxygen atoms in total. The summed E-state index contributed by atoms with van der Waals surface area (Å²) in [5.74, 6) is 0.572. The second kappa shape index (κ2) is 4.85. The highest BCUT2D eigenvalue weighted by atomic mass is 15.3. The Bertz CT molecular complexity index is 153. The van der Waals surface area contributed by atoms with Gasteiger partial charge >= 0.3 is 0 Å². The summed E-state index contributed by atoms with van der Waals surface area (Å²) in [5, 5.41) is 3.81. The Labute approximate surface area is 61.8 Å². The highest BCUT2D eigenvalue weighted by molar-refractivity contribution is 5.23. The SMILES string of the molecule is CCC.Cn1ccc(N)n1. The van der Waals surface area contributed by atoms with Crippen LogP contribution >= 0.6 is 0 Å². The van der Waals surface area contributed by atoms with Crippen molar-refractivity contribution in [2.24, 2.45) is 7.05 Å². The lowest BCUT2D eigenvalue weighted by molar-refractivity contribution is 0.772. The molecule has 0 atom stereocenters. The van der Waals surface area contributed by atoms with E-state index in [1.54, 1.807) is 16.9 Å². The van der Waals surface area contributed by atoms with Gasteiger partial charge in [0, 0.05) is 13.2 Å². The van der Waals surface area contributed by atoms with E-state index in [0.717, 1.165) is 0 Å². The van der Waals surface area contributed by atoms with Crippen LogP contribution in [0.1, 0.15) is 20.3 Å². The first-order valence-corrected chi connectivity index (χ1v) is 3.45. The average molecular weight is 141 g/mol. The molecule has 2 N–H and O–H groups in total. The van der Waals surface area contributed by atoms with Crippen molar-refractivity contribution in [1.82, 2.24) is 9.78 Å². The van der Waals surface area contributed by atoms with Crippen molar-refractivity contribution in [2.45, 2.75) is 20.3 Å². The van der Waals surface area contributed by atoms with Gasteiger partial charge in [-0.3, -0.25) is 4.68 Å². The van der Waals surface area contributed by atoms with Crippen molar-refractivity contribution in [3.8, 4) is 0 Å². The van der Waals surface area contributed by atoms with Crippen LogP contribution in [0.15, 0.2) is 12.3 Å². The van der Waals surface area contributed by atoms with E-state index < -0.39 is 0 Å². The molecule has 0 amide bonds. The average Bonchev–Trinajstić information content (AvgIpc) is 2.17. The molecule has 0 aliphatic carbocycles. The summed E-state index contributed by atoms with van der Waals surface area (Å²) in [6.07, 6.45) is 3.05. The molecular formula is C7H15N3. The summed E-state index contributed by atoms with van der Waals surface area (Å²) in [5.41, 5.74) is 5.25. The monoisotopic (exact) mass is 141 g/mol. The van der Waals surface area contributed by atoms with E-state index in [2.05, 4.69) is 18.9 Å². The molecule has 0 aromatic carbocycles. The normalized spacial score (nSPS) is 8.30. The lowest BCUT2D eigenvalue weighted by atomic mass is 10.6. The lowest BCUT2D eigenvalue weighted by Crippen LogP contribution is -1.89. The van der Waals surface area contributed by atoms with Gasteiger partial charge in [-0.2, -0.15) is 5.10 Å². The van der Waals surface area contributed by atoms with Gasteiger partial charge in [0.2, 0.25) is 0 Å². The maximum atomic E-state index is 5.25. The number of anilines is 1. The standard InChI is InChI=1S/C4H7N3.C3H8/c1-7-3-2-4(5)6-7;1-3-2/h2-3H,1H3,(H2,5,6);3H2,1-2H3. The number of nitrogens with two attached hydrogens (primary N) is 1. The predicted octanol–water partition coefficient (Wildman–Crippen LogP) is 1.42. The van der Waals surface area contributed by atoms with Gasteiger partial charge in [0.15, 0.2) is 0 Å². The molecule has 0 radical (unpaired) electrons. The first kappa shape index (κ1) is 9.01. The molecule has 58 valence electrons. The Balaban J connectivity index is 0.000000236. The molecule has 0 fully saturated rings. The van der Waals surface area contributed by atoms with Crippen LogP contribution in [0, 0.1) is 0 Å². The summed E-state index contributed by atoms with van der Waals surface area (Å²) >= 11 is 0. The second-order valence-electron chi connectivity index (χ2n) is 2.12. The van der Waals surface area contributed by atoms with Crippen LogP contribution in [-0.2, 0) is 7.05 Å². The van der Waals surface area contributed by atoms with Crippen LogP contribution in [-0.4, -0.2) is 9.78 Å². The van der Waals surface area contributed by atoms with E-state index in [1.807, 2.05) is 7.05 Å². The number of aryl methyl sites for hydroxylation is 1. The zero-order chi connectivity index (χ0) is 7.98. The third-order valence-corrected chi connectivity index (χ3v) is 0.734. The molecule has 0 unspecified atom stereocenters. The van der Waals surface area contributed by atoms with Gasteiger partial charge in [0.05, 0.1) is 0 Å². The van der Waals surface area contributed by atoms with Gasteiger partial charge in [-0.05, 0) is 6.07 Å². The van der Waals surface area contributed by atoms with E-state index in [9.17, 15) is 0 Å². The predicted molar refractivity (Wildman–Crippen MR) is 43.6 cm³/mol. The largest absolute Gasteiger partial charge is 0.382 e. The molecule has 1 rings (SSSR count). The maximum Gasteiger partial charge on any atom is 0.145 e. The Kier molecular flexibility index (Phi) is 4.37. The summed E-state index contributed by atoms with van der Waals surface area (Å²) < 4.78 is 1.66. The molecule has 1 aromatic heterocycles. The molecule has 1 heterocycles. The Morgan fingerprint density at radius 3 is 2.20 bits per heavy atom. The van der Waals surface area contributed by atoms with Crippen molar-refractivity contribution in [3.63, 3.8) is 0 Å². The molecule has 0 aliphatic rings. The summed E-state index contributed by atoms with van der Waals surface area (Å²) in [6, 6.07) is 1.75. The molecule has 3 heteroatoms. The summed E-state index contributed by atoms with van der Waals surface area (Å²) in [6.45, 7) is 4.25. The minimum atomic E-state index is 0.572. The molecule has 0 aliphatic heterocycles. The van der Waals surface area contributed by atoms with Crippen LogP contribution in [0.2, 0.25) is 0 Å². The molecule has 0 spiro atoms. The fourth-order valence-electron chi connectivity index (χ4n) is 0.433. The van der Waals surface area contributed by atoms with Gasteiger partial charge in [0.1, 0.15) is 5.82 Å². The third-order valence-electron chi connectivity index (χ3n) is 0.734. The summed E-state index contributed by atoms with van der Waals surface area (Å²) in [4.78, 5) is 0. The maximum absolute atomic E-state index is 5.25. The number of nitrogen functional groups attached to an aromatic ring is 1. The van der Waals surface area contributed by atoms with Crippen LogP contribution < -0.4 is 5.73 Å². The fraction of sp³-hybridized carbons (Fsp3) is 0.571. The number of aromatic nitrogens is 2. The highest BCUT2D eigenvalue weighted by Crippen LogP contribution is 1.90. The van der Waals surface area contributed by atoms with Crippen molar-refractivity contribution >= 4 is 5.82 Å². The molecule has 0 saturated heterocycles. The minimum absolute atomic E-state index is 0.572. The van der Waals surface area contributed by atoms with Gasteiger partial charge in [0.25, 0.3) is 0 Å². The van der Waals surface area contributed by atoms with Gasteiger partial charge in [-0.15, -0.1) is 0 Å². The van der Waals surface area contributed by atoms with E-state index in [-0.39, 0.29) is 0 Å². The third kappa shape index (κ3) is 3.95. The molecular weight excluding hydrogens is 126 g/mol. The Morgan fingerprint density at radius 2 is 2.10 bits per heavy atom. The molecule has 10 heavy (non-hydrogen) atoms. The van der Waals surface area contributed by atoms with Gasteiger partial charge in [-0.1, -0.05) is 20.3 Å². The Hall–Kier alpha value is -0.990. The first-order chi connectivity index (χ1) is 4.70. The number of rotatable bonds is 0. The van der Waals surface area contributed by atoms with Crippen LogP contribution in [0.25, 0.3) is 0 Å². The van der Waals surface area contributed by atoms with E-state index in [4.69, 9.17) is 5.73 Å². The number of hydrogen-bond acceptors (Lipinski definition) is 2. The van der Waals surface area contributed by atoms with Crippen molar-refractivity contribution in [1.29, 1.82) is 0 Å². The van der Waals surface area contributed by atoms with E-state index in [1.165, 1.54) is 6.42 Å². The van der Waals surface area contributed by atoms with Crippen molar-refractivity contribution < 1.29 is 0 Å². The molecule has 0 saturated carbocycles. The first-order valence-electron chi connectivity index (χ1n) is 3.45. The van der Waals surface area contributed by atoms with Crippen molar-refractivity contribution in [2.75, 3.05) is 5.73 Å². The number of nitrogens with zero attached hydrogens (tertiary/aromatic N) is 2.